The van der Waals surface area contributed by atoms with Crippen LogP contribution in [0.2, 0.25) is 0 Å². The van der Waals surface area contributed by atoms with Crippen LogP contribution in [-0.2, 0) is 17.2 Å². The first-order chi connectivity index (χ1) is 15.1. The van der Waals surface area contributed by atoms with Crippen molar-refractivity contribution in [3.05, 3.63) is 23.8 Å². The normalized spacial score (nSPS) is 14.3. The third-order valence-corrected chi connectivity index (χ3v) is 7.46. The molecule has 1 heterocycles. The van der Waals surface area contributed by atoms with Crippen molar-refractivity contribution in [1.29, 1.82) is 0 Å². The van der Waals surface area contributed by atoms with E-state index in [2.05, 4.69) is 26.5 Å². The zero-order chi connectivity index (χ0) is 24.1. The summed E-state index contributed by atoms with van der Waals surface area (Å²) in [6, 6.07) is 6.01. The van der Waals surface area contributed by atoms with Gasteiger partial charge in [-0.2, -0.15) is 0 Å². The molecule has 1 aliphatic rings. The van der Waals surface area contributed by atoms with Gasteiger partial charge in [0.05, 0.1) is 0 Å². The molecule has 0 saturated carbocycles. The number of carbonyl (C=O) groups excluding carboxylic acids is 1. The van der Waals surface area contributed by atoms with Crippen molar-refractivity contribution in [3.63, 3.8) is 0 Å². The molecule has 7 heteroatoms. The van der Waals surface area contributed by atoms with Gasteiger partial charge in [-0.1, -0.05) is 64.6 Å². The molecule has 1 aromatic rings. The number of hydrogen-bond donors (Lipinski definition) is 1. The lowest BCUT2D eigenvalue weighted by atomic mass is 10.1. The maximum Gasteiger partial charge on any atom is 0.278 e. The van der Waals surface area contributed by atoms with Crippen LogP contribution in [0.5, 0.6) is 11.5 Å². The summed E-state index contributed by atoms with van der Waals surface area (Å²) in [5.41, 5.74) is 1.07. The molecular formula is C25H43NO4S2. The first kappa shape index (κ1) is 28.8. The van der Waals surface area contributed by atoms with E-state index >= 15 is 0 Å². The van der Waals surface area contributed by atoms with Gasteiger partial charge in [-0.15, -0.1) is 0 Å². The first-order valence-corrected chi connectivity index (χ1v) is 13.7. The molecule has 1 aliphatic heterocycles. The van der Waals surface area contributed by atoms with E-state index in [9.17, 15) is 9.00 Å². The minimum Gasteiger partial charge on any atom is -0.454 e. The highest BCUT2D eigenvalue weighted by Crippen LogP contribution is 2.33. The maximum absolute atomic E-state index is 12.3. The second kappa shape index (κ2) is 14.8. The Morgan fingerprint density at radius 2 is 1.72 bits per heavy atom. The number of unbranched alkanes of at least 4 members (excludes halogenated alkanes) is 5. The number of benzene rings is 1. The lowest BCUT2D eigenvalue weighted by molar-refractivity contribution is 0.173. The zero-order valence-electron chi connectivity index (χ0n) is 20.8. The Labute approximate surface area is 203 Å². The van der Waals surface area contributed by atoms with Crippen molar-refractivity contribution < 1.29 is 18.5 Å². The lowest BCUT2D eigenvalue weighted by Gasteiger charge is -2.33. The third kappa shape index (κ3) is 10.6. The highest BCUT2D eigenvalue weighted by atomic mass is 32.2. The van der Waals surface area contributed by atoms with E-state index < -0.39 is 10.8 Å². The average Bonchev–Trinajstić information content (AvgIpc) is 3.18. The Hall–Kier alpha value is -1.21. The van der Waals surface area contributed by atoms with Crippen LogP contribution < -0.4 is 9.47 Å². The van der Waals surface area contributed by atoms with Gasteiger partial charge in [0.1, 0.15) is 0 Å². The van der Waals surface area contributed by atoms with E-state index in [0.29, 0.717) is 13.3 Å². The van der Waals surface area contributed by atoms with Crippen molar-refractivity contribution in [3.8, 4) is 11.5 Å². The number of hydrogen-bond acceptors (Lipinski definition) is 4. The van der Waals surface area contributed by atoms with Crippen molar-refractivity contribution in [2.24, 2.45) is 0 Å². The van der Waals surface area contributed by atoms with Gasteiger partial charge in [-0.05, 0) is 58.2 Å². The second-order valence-corrected chi connectivity index (χ2v) is 11.6. The molecule has 2 atom stereocenters. The first-order valence-electron chi connectivity index (χ1n) is 11.9. The average molecular weight is 486 g/mol. The van der Waals surface area contributed by atoms with Crippen LogP contribution in [0.15, 0.2) is 18.2 Å². The van der Waals surface area contributed by atoms with Crippen LogP contribution in [0.1, 0.15) is 85.6 Å². The van der Waals surface area contributed by atoms with E-state index in [4.69, 9.17) is 9.47 Å². The fourth-order valence-electron chi connectivity index (χ4n) is 3.62. The maximum atomic E-state index is 12.3. The molecule has 32 heavy (non-hydrogen) atoms. The summed E-state index contributed by atoms with van der Waals surface area (Å²) >= 11 is 3.75. The van der Waals surface area contributed by atoms with E-state index in [-0.39, 0.29) is 16.0 Å². The SMILES string of the molecule is CCCCCCCCS(=O)C(C)Cc1ccc2c(c1)OCO2.CCN(C(=O)S)C(C)(C)C. The smallest absolute Gasteiger partial charge is 0.278 e. The Kier molecular flexibility index (Phi) is 13.4. The summed E-state index contributed by atoms with van der Waals surface area (Å²) in [6.45, 7) is 13.2. The molecule has 0 spiro atoms. The molecule has 5 nitrogen and oxygen atoms in total. The number of fused-ring (bicyclic) bond motifs is 1. The minimum atomic E-state index is -0.743. The molecule has 2 unspecified atom stereocenters. The lowest BCUT2D eigenvalue weighted by Crippen LogP contribution is -2.42. The zero-order valence-corrected chi connectivity index (χ0v) is 22.5. The number of nitrogens with zero attached hydrogens (tertiary/aromatic N) is 1. The van der Waals surface area contributed by atoms with Crippen LogP contribution in [-0.4, -0.2) is 44.2 Å². The van der Waals surface area contributed by atoms with E-state index in [0.717, 1.165) is 30.1 Å². The molecule has 0 aliphatic carbocycles. The molecule has 184 valence electrons. The number of thiol groups is 1. The van der Waals surface area contributed by atoms with Crippen LogP contribution in [0.4, 0.5) is 4.79 Å². The van der Waals surface area contributed by atoms with Crippen LogP contribution in [0, 0.1) is 0 Å². The summed E-state index contributed by atoms with van der Waals surface area (Å²) in [5.74, 6) is 2.45. The summed E-state index contributed by atoms with van der Waals surface area (Å²) in [5, 5.41) is 0.0333. The summed E-state index contributed by atoms with van der Waals surface area (Å²) in [4.78, 5) is 12.5. The largest absolute Gasteiger partial charge is 0.454 e. The Balaban J connectivity index is 0.000000433. The molecule has 1 aromatic carbocycles. The fourth-order valence-corrected chi connectivity index (χ4v) is 5.33. The predicted octanol–water partition coefficient (Wildman–Crippen LogP) is 6.61. The highest BCUT2D eigenvalue weighted by Gasteiger charge is 2.22. The van der Waals surface area contributed by atoms with Gasteiger partial charge in [0.15, 0.2) is 11.5 Å². The fraction of sp³-hybridized carbons (Fsp3) is 0.720. The molecule has 0 radical (unpaired) electrons. The molecule has 0 N–H and O–H groups in total. The summed E-state index contributed by atoms with van der Waals surface area (Å²) in [7, 11) is -0.743. The van der Waals surface area contributed by atoms with E-state index in [1.807, 2.05) is 45.9 Å². The van der Waals surface area contributed by atoms with Crippen LogP contribution in [0.3, 0.4) is 0 Å². The number of ether oxygens (including phenoxy) is 2. The molecule has 0 saturated heterocycles. The van der Waals surface area contributed by atoms with Gasteiger partial charge in [-0.3, -0.25) is 9.00 Å². The molecule has 2 rings (SSSR count). The monoisotopic (exact) mass is 485 g/mol. The van der Waals surface area contributed by atoms with Crippen LogP contribution >= 0.6 is 12.6 Å². The Bertz CT molecular complexity index is 718. The molecular weight excluding hydrogens is 442 g/mol. The third-order valence-electron chi connectivity index (χ3n) is 5.46. The van der Waals surface area contributed by atoms with Crippen LogP contribution in [0.25, 0.3) is 0 Å². The Morgan fingerprint density at radius 1 is 1.09 bits per heavy atom. The van der Waals surface area contributed by atoms with Gasteiger partial charge in [0, 0.05) is 33.9 Å². The van der Waals surface area contributed by atoms with E-state index in [1.165, 1.54) is 37.7 Å². The summed E-state index contributed by atoms with van der Waals surface area (Å²) < 4.78 is 23.0. The molecule has 0 fully saturated rings. The van der Waals surface area contributed by atoms with Crippen molar-refractivity contribution in [2.75, 3.05) is 19.1 Å². The van der Waals surface area contributed by atoms with Gasteiger partial charge in [0.25, 0.3) is 5.24 Å². The van der Waals surface area contributed by atoms with Gasteiger partial charge < -0.3 is 14.4 Å². The molecule has 0 bridgehead atoms. The summed E-state index contributed by atoms with van der Waals surface area (Å²) in [6.07, 6.45) is 8.32. The second-order valence-electron chi connectivity index (χ2n) is 9.25. The number of amides is 1. The van der Waals surface area contributed by atoms with Gasteiger partial charge in [-0.25, -0.2) is 0 Å². The number of carbonyl (C=O) groups is 1. The van der Waals surface area contributed by atoms with Crippen molar-refractivity contribution >= 4 is 28.7 Å². The van der Waals surface area contributed by atoms with Crippen molar-refractivity contribution in [1.82, 2.24) is 4.90 Å². The van der Waals surface area contributed by atoms with Gasteiger partial charge in [0.2, 0.25) is 6.79 Å². The van der Waals surface area contributed by atoms with Crippen molar-refractivity contribution in [2.45, 2.75) is 97.3 Å². The number of rotatable bonds is 11. The molecule has 0 aromatic heterocycles. The quantitative estimate of drug-likeness (QED) is 0.283. The van der Waals surface area contributed by atoms with Gasteiger partial charge >= 0.3 is 0 Å². The minimum absolute atomic E-state index is 0.104. The Morgan fingerprint density at radius 3 is 2.28 bits per heavy atom. The standard InChI is InChI=1S/C18H28O3S.C7H15NOS/c1-3-4-5-6-7-8-11-22(19)15(2)12-16-9-10-17-18(13-16)21-14-20-17;1-5-8(6(9)10)7(2,3)4/h9-10,13,15H,3-8,11-12,14H2,1-2H3;5H2,1-4H3,(H,9,10). The topological polar surface area (TPSA) is 55.8 Å². The highest BCUT2D eigenvalue weighted by molar-refractivity contribution is 7.96. The predicted molar refractivity (Wildman–Crippen MR) is 139 cm³/mol. The van der Waals surface area contributed by atoms with E-state index in [1.54, 1.807) is 4.90 Å². The molecule has 1 amide bonds.